The third-order valence-corrected chi connectivity index (χ3v) is 11.1. The smallest absolute Gasteiger partial charge is 0.164 e. The number of aromatic nitrogens is 4. The number of fused-ring (bicyclic) bond motifs is 9. The third kappa shape index (κ3) is 5.01. The van der Waals surface area contributed by atoms with Gasteiger partial charge in [0.2, 0.25) is 0 Å². The van der Waals surface area contributed by atoms with E-state index in [2.05, 4.69) is 120 Å². The summed E-state index contributed by atoms with van der Waals surface area (Å²) in [4.78, 5) is 14.7. The molecule has 6 heteroatoms. The Kier molecular flexibility index (Phi) is 6.83. The highest BCUT2D eigenvalue weighted by atomic mass is 16.3. The predicted molar refractivity (Wildman–Crippen MR) is 230 cm³/mol. The van der Waals surface area contributed by atoms with Crippen LogP contribution in [-0.2, 0) is 0 Å². The predicted octanol–water partition coefficient (Wildman–Crippen LogP) is 13.4. The lowest BCUT2D eigenvalue weighted by Gasteiger charge is -2.08. The highest BCUT2D eigenvalue weighted by molar-refractivity contribution is 6.13. The molecule has 0 amide bonds. The maximum atomic E-state index is 6.67. The van der Waals surface area contributed by atoms with Crippen molar-refractivity contribution in [1.29, 1.82) is 0 Å². The van der Waals surface area contributed by atoms with E-state index in [1.807, 2.05) is 66.7 Å². The molecule has 0 radical (unpaired) electrons. The van der Waals surface area contributed by atoms with Gasteiger partial charge in [-0.15, -0.1) is 0 Å². The summed E-state index contributed by atoms with van der Waals surface area (Å²) in [5, 5.41) is 6.68. The zero-order chi connectivity index (χ0) is 37.5. The van der Waals surface area contributed by atoms with E-state index in [-0.39, 0.29) is 0 Å². The van der Waals surface area contributed by atoms with Gasteiger partial charge in [-0.25, -0.2) is 15.0 Å². The number of nitrogens with zero attached hydrogens (tertiary/aromatic N) is 4. The Morgan fingerprint density at radius 2 is 0.825 bits per heavy atom. The molecule has 4 aromatic heterocycles. The van der Waals surface area contributed by atoms with Crippen LogP contribution in [0, 0.1) is 0 Å². The van der Waals surface area contributed by atoms with Crippen LogP contribution in [0.3, 0.4) is 0 Å². The summed E-state index contributed by atoms with van der Waals surface area (Å²) in [7, 11) is 0. The van der Waals surface area contributed by atoms with E-state index in [1.54, 1.807) is 0 Å². The van der Waals surface area contributed by atoms with Gasteiger partial charge in [-0.1, -0.05) is 127 Å². The number of furan rings is 2. The molecule has 0 bridgehead atoms. The Bertz CT molecular complexity index is 3410. The van der Waals surface area contributed by atoms with Crippen molar-refractivity contribution in [2.45, 2.75) is 0 Å². The average Bonchev–Trinajstić information content (AvgIpc) is 3.95. The first-order chi connectivity index (χ1) is 28.2. The highest BCUT2D eigenvalue weighted by Crippen LogP contribution is 2.40. The Morgan fingerprint density at radius 1 is 0.316 bits per heavy atom. The molecule has 12 aromatic rings. The molecule has 0 saturated heterocycles. The summed E-state index contributed by atoms with van der Waals surface area (Å²) in [6.45, 7) is 0. The minimum Gasteiger partial charge on any atom is -0.456 e. The standard InChI is InChI=1S/C51H30N4O2/c1-3-12-31(13-4-1)49-52-50(32-14-5-2-6-15-32)54-51(53-49)35-22-25-38-40-28-33(23-26-45(40)56-47(38)30-35)34-24-27-46-41(29-34)39-18-11-21-44(48(39)57-46)55-42-19-9-7-16-36(42)37-17-8-10-20-43(37)55/h1-30H. The number of hydrogen-bond donors (Lipinski definition) is 0. The number of hydrogen-bond acceptors (Lipinski definition) is 5. The van der Waals surface area contributed by atoms with Gasteiger partial charge in [0.05, 0.1) is 16.7 Å². The monoisotopic (exact) mass is 730 g/mol. The Morgan fingerprint density at radius 3 is 1.46 bits per heavy atom. The molecule has 6 nitrogen and oxygen atoms in total. The van der Waals surface area contributed by atoms with Crippen LogP contribution in [0.15, 0.2) is 191 Å². The van der Waals surface area contributed by atoms with Crippen molar-refractivity contribution in [3.8, 4) is 51.0 Å². The fourth-order valence-corrected chi connectivity index (χ4v) is 8.35. The fraction of sp³-hybridized carbons (Fsp3) is 0. The molecule has 0 saturated carbocycles. The van der Waals surface area contributed by atoms with Gasteiger partial charge < -0.3 is 13.4 Å². The van der Waals surface area contributed by atoms with Crippen molar-refractivity contribution in [3.05, 3.63) is 182 Å². The first-order valence-electron chi connectivity index (χ1n) is 19.0. The molecule has 0 unspecified atom stereocenters. The molecule has 0 aliphatic rings. The largest absolute Gasteiger partial charge is 0.456 e. The van der Waals surface area contributed by atoms with Gasteiger partial charge in [0.25, 0.3) is 0 Å². The van der Waals surface area contributed by atoms with Crippen LogP contribution in [0.4, 0.5) is 0 Å². The molecule has 57 heavy (non-hydrogen) atoms. The molecule has 0 atom stereocenters. The molecular weight excluding hydrogens is 701 g/mol. The lowest BCUT2D eigenvalue weighted by Crippen LogP contribution is -2.00. The summed E-state index contributed by atoms with van der Waals surface area (Å²) >= 11 is 0. The molecule has 0 spiro atoms. The Balaban J connectivity index is 0.952. The minimum atomic E-state index is 0.590. The normalized spacial score (nSPS) is 11.9. The van der Waals surface area contributed by atoms with Crippen LogP contribution in [0.2, 0.25) is 0 Å². The van der Waals surface area contributed by atoms with Crippen LogP contribution in [-0.4, -0.2) is 19.5 Å². The maximum absolute atomic E-state index is 6.67. The summed E-state index contributed by atoms with van der Waals surface area (Å²) in [6, 6.07) is 62.7. The van der Waals surface area contributed by atoms with Crippen molar-refractivity contribution in [3.63, 3.8) is 0 Å². The van der Waals surface area contributed by atoms with E-state index >= 15 is 0 Å². The molecule has 0 aliphatic carbocycles. The Hall–Kier alpha value is -7.83. The van der Waals surface area contributed by atoms with Gasteiger partial charge in [-0.05, 0) is 65.7 Å². The van der Waals surface area contributed by atoms with Gasteiger partial charge in [0.15, 0.2) is 23.1 Å². The first-order valence-corrected chi connectivity index (χ1v) is 19.0. The van der Waals surface area contributed by atoms with Gasteiger partial charge in [0, 0.05) is 49.0 Å². The number of benzene rings is 8. The second-order valence-electron chi connectivity index (χ2n) is 14.4. The fourth-order valence-electron chi connectivity index (χ4n) is 8.35. The molecule has 12 rings (SSSR count). The summed E-state index contributed by atoms with van der Waals surface area (Å²) in [5.74, 6) is 1.84. The van der Waals surface area contributed by atoms with Crippen LogP contribution in [0.1, 0.15) is 0 Å². The molecule has 8 aromatic carbocycles. The van der Waals surface area contributed by atoms with Crippen LogP contribution < -0.4 is 0 Å². The summed E-state index contributed by atoms with van der Waals surface area (Å²) in [6.07, 6.45) is 0. The van der Waals surface area contributed by atoms with E-state index in [0.29, 0.717) is 17.5 Å². The van der Waals surface area contributed by atoms with E-state index in [9.17, 15) is 0 Å². The van der Waals surface area contributed by atoms with Crippen LogP contribution in [0.5, 0.6) is 0 Å². The maximum Gasteiger partial charge on any atom is 0.164 e. The lowest BCUT2D eigenvalue weighted by molar-refractivity contribution is 0.666. The minimum absolute atomic E-state index is 0.590. The van der Waals surface area contributed by atoms with E-state index < -0.39 is 0 Å². The van der Waals surface area contributed by atoms with Crippen LogP contribution in [0.25, 0.3) is 117 Å². The zero-order valence-electron chi connectivity index (χ0n) is 30.4. The third-order valence-electron chi connectivity index (χ3n) is 11.1. The van der Waals surface area contributed by atoms with Gasteiger partial charge in [-0.2, -0.15) is 0 Å². The summed E-state index contributed by atoms with van der Waals surface area (Å²) < 4.78 is 15.5. The van der Waals surface area contributed by atoms with Gasteiger partial charge in [-0.3, -0.25) is 0 Å². The number of rotatable bonds is 5. The summed E-state index contributed by atoms with van der Waals surface area (Å²) in [5.41, 5.74) is 11.6. The molecule has 4 heterocycles. The van der Waals surface area contributed by atoms with E-state index in [1.165, 1.54) is 10.8 Å². The average molecular weight is 731 g/mol. The molecule has 266 valence electrons. The molecule has 0 aliphatic heterocycles. The molecular formula is C51H30N4O2. The van der Waals surface area contributed by atoms with E-state index in [4.69, 9.17) is 23.8 Å². The van der Waals surface area contributed by atoms with Crippen molar-refractivity contribution in [2.24, 2.45) is 0 Å². The van der Waals surface area contributed by atoms with Crippen molar-refractivity contribution < 1.29 is 8.83 Å². The van der Waals surface area contributed by atoms with E-state index in [0.717, 1.165) is 88.4 Å². The number of para-hydroxylation sites is 3. The van der Waals surface area contributed by atoms with Crippen molar-refractivity contribution >= 4 is 65.7 Å². The van der Waals surface area contributed by atoms with Crippen LogP contribution >= 0.6 is 0 Å². The lowest BCUT2D eigenvalue weighted by atomic mass is 10.0. The quantitative estimate of drug-likeness (QED) is 0.176. The second-order valence-corrected chi connectivity index (χ2v) is 14.4. The van der Waals surface area contributed by atoms with Gasteiger partial charge in [0.1, 0.15) is 16.7 Å². The van der Waals surface area contributed by atoms with Crippen molar-refractivity contribution in [2.75, 3.05) is 0 Å². The SMILES string of the molecule is c1ccc(-c2nc(-c3ccccc3)nc(-c3ccc4c(c3)oc3ccc(-c5ccc6oc7c(-n8c9ccccc9c9ccccc98)cccc7c6c5)cc34)n2)cc1. The van der Waals surface area contributed by atoms with Crippen molar-refractivity contribution in [1.82, 2.24) is 19.5 Å². The molecule has 0 fully saturated rings. The van der Waals surface area contributed by atoms with Gasteiger partial charge >= 0.3 is 0 Å². The Labute approximate surface area is 325 Å². The molecule has 0 N–H and O–H groups in total. The topological polar surface area (TPSA) is 69.9 Å². The zero-order valence-corrected chi connectivity index (χ0v) is 30.4. The first kappa shape index (κ1) is 31.5. The highest BCUT2D eigenvalue weighted by Gasteiger charge is 2.19. The second kappa shape index (κ2) is 12.3.